The van der Waals surface area contributed by atoms with Crippen molar-refractivity contribution < 1.29 is 19.2 Å². The summed E-state index contributed by atoms with van der Waals surface area (Å²) in [5, 5.41) is 2.95. The van der Waals surface area contributed by atoms with Crippen LogP contribution in [0.3, 0.4) is 0 Å². The van der Waals surface area contributed by atoms with Crippen LogP contribution in [0.2, 0.25) is 0 Å². The van der Waals surface area contributed by atoms with E-state index in [0.29, 0.717) is 13.1 Å². The first kappa shape index (κ1) is 23.8. The van der Waals surface area contributed by atoms with Gasteiger partial charge < -0.3 is 0 Å². The lowest BCUT2D eigenvalue weighted by Crippen LogP contribution is -2.57. The van der Waals surface area contributed by atoms with Gasteiger partial charge >= 0.3 is 0 Å². The molecule has 0 aliphatic carbocycles. The second kappa shape index (κ2) is 12.2. The van der Waals surface area contributed by atoms with Crippen LogP contribution in [0.15, 0.2) is 0 Å². The monoisotopic (exact) mass is 400 g/mol. The van der Waals surface area contributed by atoms with E-state index in [2.05, 4.69) is 32.6 Å². The van der Waals surface area contributed by atoms with Gasteiger partial charge in [0.05, 0.1) is 26.2 Å². The van der Waals surface area contributed by atoms with E-state index in [1.807, 2.05) is 27.7 Å². The maximum atomic E-state index is 12.1. The van der Waals surface area contributed by atoms with Crippen LogP contribution < -0.4 is 32.6 Å². The normalized spacial score (nSPS) is 19.9. The summed E-state index contributed by atoms with van der Waals surface area (Å²) in [5.41, 5.74) is 15.2. The summed E-state index contributed by atoms with van der Waals surface area (Å²) in [4.78, 5) is 48.2. The molecule has 1 aliphatic rings. The lowest BCUT2D eigenvalue weighted by Gasteiger charge is -2.26. The number of nitrogens with zero attached hydrogens (tertiary/aromatic N) is 2. The molecule has 12 nitrogen and oxygen atoms in total. The summed E-state index contributed by atoms with van der Waals surface area (Å²) in [7, 11) is 0. The molecular formula is C16H32N8O4. The van der Waals surface area contributed by atoms with Crippen molar-refractivity contribution in [3.05, 3.63) is 0 Å². The van der Waals surface area contributed by atoms with Crippen molar-refractivity contribution in [1.29, 1.82) is 0 Å². The van der Waals surface area contributed by atoms with Gasteiger partial charge in [0, 0.05) is 13.1 Å². The Balaban J connectivity index is 2.77. The number of carbonyl (C=O) groups excluding carboxylic acids is 4. The highest BCUT2D eigenvalue weighted by Crippen LogP contribution is 1.96. The summed E-state index contributed by atoms with van der Waals surface area (Å²) in [6.07, 6.45) is 0. The zero-order chi connectivity index (χ0) is 21.1. The number of hydrogen-bond acceptors (Lipinski definition) is 8. The number of nitrogens with one attached hydrogen (secondary N) is 6. The van der Waals surface area contributed by atoms with E-state index in [-0.39, 0.29) is 38.0 Å². The second-order valence-corrected chi connectivity index (χ2v) is 7.42. The minimum atomic E-state index is -0.402. The summed E-state index contributed by atoms with van der Waals surface area (Å²) in [6, 6.07) is 0. The fourth-order valence-corrected chi connectivity index (χ4v) is 2.48. The number of rotatable bonds is 4. The Bertz CT molecular complexity index is 471. The molecule has 1 saturated heterocycles. The van der Waals surface area contributed by atoms with E-state index in [9.17, 15) is 19.2 Å². The molecule has 0 aromatic heterocycles. The van der Waals surface area contributed by atoms with E-state index in [4.69, 9.17) is 0 Å². The van der Waals surface area contributed by atoms with Gasteiger partial charge in [-0.25, -0.2) is 20.9 Å². The Kier molecular flexibility index (Phi) is 10.4. The Hall–Kier alpha value is -2.28. The van der Waals surface area contributed by atoms with Gasteiger partial charge in [0.15, 0.2) is 0 Å². The Labute approximate surface area is 165 Å². The molecule has 160 valence electrons. The predicted octanol–water partition coefficient (Wildman–Crippen LogP) is -2.78. The molecule has 6 N–H and O–H groups in total. The minimum absolute atomic E-state index is 0.0929. The van der Waals surface area contributed by atoms with Crippen molar-refractivity contribution >= 4 is 23.6 Å². The van der Waals surface area contributed by atoms with Crippen LogP contribution in [0.1, 0.15) is 27.7 Å². The van der Waals surface area contributed by atoms with E-state index in [1.165, 1.54) is 10.0 Å². The molecule has 1 heterocycles. The first-order valence-corrected chi connectivity index (χ1v) is 9.28. The van der Waals surface area contributed by atoms with E-state index in [1.54, 1.807) is 0 Å². The first-order chi connectivity index (χ1) is 13.2. The highest BCUT2D eigenvalue weighted by atomic mass is 16.2. The number of hydrogen-bond donors (Lipinski definition) is 6. The van der Waals surface area contributed by atoms with Crippen molar-refractivity contribution in [2.75, 3.05) is 39.3 Å². The Morgan fingerprint density at radius 1 is 0.679 bits per heavy atom. The van der Waals surface area contributed by atoms with Crippen molar-refractivity contribution in [3.63, 3.8) is 0 Å². The van der Waals surface area contributed by atoms with Crippen LogP contribution in [0.4, 0.5) is 0 Å². The third-order valence-electron chi connectivity index (χ3n) is 3.36. The van der Waals surface area contributed by atoms with Gasteiger partial charge in [-0.3, -0.25) is 40.9 Å². The fourth-order valence-electron chi connectivity index (χ4n) is 2.48. The topological polar surface area (TPSA) is 147 Å². The highest BCUT2D eigenvalue weighted by Gasteiger charge is 2.18. The standard InChI is InChI=1S/C16H32N8O4/c1-11(2)7-23-9-15(27)19-18-6-14(26)22-24(8-12(3)4)10-16(28)20-17-5-13(25)21-23/h11-12,17-18H,5-10H2,1-4H3,(H,19,27)(H,20,28)(H,21,25)(H,22,26). The average Bonchev–Trinajstić information content (AvgIpc) is 2.52. The molecular weight excluding hydrogens is 368 g/mol. The van der Waals surface area contributed by atoms with Crippen molar-refractivity contribution in [3.8, 4) is 0 Å². The molecule has 0 aromatic carbocycles. The zero-order valence-corrected chi connectivity index (χ0v) is 16.9. The summed E-state index contributed by atoms with van der Waals surface area (Å²) >= 11 is 0. The maximum Gasteiger partial charge on any atom is 0.250 e. The fraction of sp³-hybridized carbons (Fsp3) is 0.750. The molecule has 1 fully saturated rings. The molecule has 0 atom stereocenters. The largest absolute Gasteiger partial charge is 0.290 e. The molecule has 0 unspecified atom stereocenters. The van der Waals surface area contributed by atoms with Crippen LogP contribution in [-0.4, -0.2) is 72.9 Å². The molecule has 0 bridgehead atoms. The van der Waals surface area contributed by atoms with Gasteiger partial charge in [-0.05, 0) is 11.8 Å². The van der Waals surface area contributed by atoms with Crippen molar-refractivity contribution in [2.24, 2.45) is 11.8 Å². The van der Waals surface area contributed by atoms with Crippen molar-refractivity contribution in [1.82, 2.24) is 42.6 Å². The quantitative estimate of drug-likeness (QED) is 0.297. The highest BCUT2D eigenvalue weighted by molar-refractivity contribution is 5.82. The SMILES string of the molecule is CC(C)CN1CC(=O)NNCC(=O)NN(CC(C)C)CC(=O)NNCC(=O)N1. The average molecular weight is 400 g/mol. The van der Waals surface area contributed by atoms with Crippen LogP contribution in [-0.2, 0) is 19.2 Å². The summed E-state index contributed by atoms with van der Waals surface area (Å²) < 4.78 is 0. The molecule has 4 amide bonds. The molecule has 28 heavy (non-hydrogen) atoms. The smallest absolute Gasteiger partial charge is 0.250 e. The Morgan fingerprint density at radius 3 is 1.36 bits per heavy atom. The Morgan fingerprint density at radius 2 is 1.04 bits per heavy atom. The third kappa shape index (κ3) is 10.8. The third-order valence-corrected chi connectivity index (χ3v) is 3.36. The number of hydrazine groups is 4. The minimum Gasteiger partial charge on any atom is -0.290 e. The number of carbonyl (C=O) groups is 4. The van der Waals surface area contributed by atoms with E-state index >= 15 is 0 Å². The van der Waals surface area contributed by atoms with Gasteiger partial charge in [-0.15, -0.1) is 0 Å². The summed E-state index contributed by atoms with van der Waals surface area (Å²) in [5.74, 6) is -1.20. The molecule has 1 aliphatic heterocycles. The van der Waals surface area contributed by atoms with Crippen LogP contribution >= 0.6 is 0 Å². The van der Waals surface area contributed by atoms with Gasteiger partial charge in [0.2, 0.25) is 23.6 Å². The molecule has 0 radical (unpaired) electrons. The van der Waals surface area contributed by atoms with E-state index < -0.39 is 23.6 Å². The summed E-state index contributed by atoms with van der Waals surface area (Å²) in [6.45, 7) is 8.19. The van der Waals surface area contributed by atoms with E-state index in [0.717, 1.165) is 0 Å². The number of amides is 4. The van der Waals surface area contributed by atoms with Crippen molar-refractivity contribution in [2.45, 2.75) is 27.7 Å². The predicted molar refractivity (Wildman–Crippen MR) is 101 cm³/mol. The lowest BCUT2D eigenvalue weighted by molar-refractivity contribution is -0.130. The van der Waals surface area contributed by atoms with Crippen LogP contribution in [0.5, 0.6) is 0 Å². The van der Waals surface area contributed by atoms with Crippen LogP contribution in [0, 0.1) is 11.8 Å². The zero-order valence-electron chi connectivity index (χ0n) is 16.9. The maximum absolute atomic E-state index is 12.1. The lowest BCUT2D eigenvalue weighted by atomic mass is 10.2. The van der Waals surface area contributed by atoms with Gasteiger partial charge in [0.1, 0.15) is 0 Å². The van der Waals surface area contributed by atoms with Gasteiger partial charge in [-0.2, -0.15) is 0 Å². The molecule has 0 saturated carbocycles. The molecule has 1 rings (SSSR count). The van der Waals surface area contributed by atoms with Gasteiger partial charge in [0.25, 0.3) is 0 Å². The van der Waals surface area contributed by atoms with Gasteiger partial charge in [-0.1, -0.05) is 27.7 Å². The van der Waals surface area contributed by atoms with Crippen LogP contribution in [0.25, 0.3) is 0 Å². The molecule has 0 spiro atoms. The second-order valence-electron chi connectivity index (χ2n) is 7.42. The first-order valence-electron chi connectivity index (χ1n) is 9.28. The molecule has 12 heteroatoms. The molecule has 0 aromatic rings.